The van der Waals surface area contributed by atoms with Crippen LogP contribution in [0.1, 0.15) is 46.0 Å². The number of carbonyl (C=O) groups excluding carboxylic acids is 2. The number of thiocarbonyl (C=S) groups is 1. The van der Waals surface area contributed by atoms with Crippen LogP contribution in [-0.2, 0) is 0 Å². The normalized spacial score (nSPS) is 10.3. The van der Waals surface area contributed by atoms with E-state index in [0.717, 1.165) is 22.9 Å². The molecule has 34 heavy (non-hydrogen) atoms. The molecule has 176 valence electrons. The van der Waals surface area contributed by atoms with Gasteiger partial charge >= 0.3 is 0 Å². The van der Waals surface area contributed by atoms with Crippen LogP contribution in [-0.4, -0.2) is 23.5 Å². The fourth-order valence-corrected chi connectivity index (χ4v) is 3.70. The van der Waals surface area contributed by atoms with Crippen LogP contribution in [0, 0.1) is 6.92 Å². The maximum atomic E-state index is 12.8. The molecule has 3 N–H and O–H groups in total. The minimum atomic E-state index is -0.367. The smallest absolute Gasteiger partial charge is 0.261 e. The highest BCUT2D eigenvalue weighted by molar-refractivity contribution is 9.10. The van der Waals surface area contributed by atoms with E-state index in [1.807, 2.05) is 37.3 Å². The summed E-state index contributed by atoms with van der Waals surface area (Å²) in [5.74, 6) is -0.0433. The topological polar surface area (TPSA) is 79.5 Å². The first-order chi connectivity index (χ1) is 16.4. The standard InChI is InChI=1S/C26H26BrN3O3S/c1-3-4-14-33-23-13-10-19(27)16-21(23)25(32)30-26(34)28-20-11-12-22(17(2)15-20)29-24(31)18-8-6-5-7-9-18/h5-13,15-16H,3-4,14H2,1-2H3,(H,29,31)(H2,28,30,32,34). The average molecular weight is 540 g/mol. The molecule has 0 fully saturated rings. The lowest BCUT2D eigenvalue weighted by molar-refractivity contribution is 0.0972. The second-order valence-electron chi connectivity index (χ2n) is 7.60. The highest BCUT2D eigenvalue weighted by Crippen LogP contribution is 2.24. The summed E-state index contributed by atoms with van der Waals surface area (Å²) < 4.78 is 6.53. The molecule has 6 nitrogen and oxygen atoms in total. The minimum absolute atomic E-state index is 0.157. The van der Waals surface area contributed by atoms with E-state index in [1.54, 1.807) is 36.4 Å². The predicted molar refractivity (Wildman–Crippen MR) is 144 cm³/mol. The summed E-state index contributed by atoms with van der Waals surface area (Å²) in [6, 6.07) is 19.7. The van der Waals surface area contributed by atoms with E-state index in [2.05, 4.69) is 38.8 Å². The lowest BCUT2D eigenvalue weighted by Gasteiger charge is -2.15. The van der Waals surface area contributed by atoms with Crippen molar-refractivity contribution in [2.75, 3.05) is 17.2 Å². The molecule has 3 aromatic carbocycles. The summed E-state index contributed by atoms with van der Waals surface area (Å²) in [7, 11) is 0. The molecule has 3 rings (SSSR count). The number of unbranched alkanes of at least 4 members (excludes halogenated alkanes) is 1. The molecule has 0 unspecified atom stereocenters. The van der Waals surface area contributed by atoms with Crippen molar-refractivity contribution in [1.29, 1.82) is 0 Å². The van der Waals surface area contributed by atoms with E-state index in [0.29, 0.717) is 34.9 Å². The van der Waals surface area contributed by atoms with Crippen LogP contribution in [0.25, 0.3) is 0 Å². The Labute approximate surface area is 213 Å². The Bertz CT molecular complexity index is 1190. The SMILES string of the molecule is CCCCOc1ccc(Br)cc1C(=O)NC(=S)Nc1ccc(NC(=O)c2ccccc2)c(C)c1. The van der Waals surface area contributed by atoms with Gasteiger partial charge in [-0.1, -0.05) is 47.5 Å². The molecular weight excluding hydrogens is 514 g/mol. The molecule has 0 spiro atoms. The summed E-state index contributed by atoms with van der Waals surface area (Å²) >= 11 is 8.74. The van der Waals surface area contributed by atoms with Gasteiger partial charge in [0, 0.05) is 21.4 Å². The van der Waals surface area contributed by atoms with Crippen molar-refractivity contribution < 1.29 is 14.3 Å². The molecule has 0 radical (unpaired) electrons. The van der Waals surface area contributed by atoms with Gasteiger partial charge in [0.25, 0.3) is 11.8 Å². The van der Waals surface area contributed by atoms with E-state index >= 15 is 0 Å². The van der Waals surface area contributed by atoms with Gasteiger partial charge in [0.05, 0.1) is 12.2 Å². The van der Waals surface area contributed by atoms with Crippen LogP contribution in [0.15, 0.2) is 71.2 Å². The molecule has 0 bridgehead atoms. The van der Waals surface area contributed by atoms with E-state index in [-0.39, 0.29) is 16.9 Å². The number of amides is 2. The Morgan fingerprint density at radius 3 is 2.44 bits per heavy atom. The molecule has 0 saturated carbocycles. The fourth-order valence-electron chi connectivity index (χ4n) is 3.13. The molecule has 0 atom stereocenters. The van der Waals surface area contributed by atoms with Crippen LogP contribution in [0.2, 0.25) is 0 Å². The van der Waals surface area contributed by atoms with Gasteiger partial charge in [0.1, 0.15) is 5.75 Å². The van der Waals surface area contributed by atoms with Crippen molar-refractivity contribution in [2.45, 2.75) is 26.7 Å². The quantitative estimate of drug-likeness (QED) is 0.230. The lowest BCUT2D eigenvalue weighted by atomic mass is 10.1. The summed E-state index contributed by atoms with van der Waals surface area (Å²) in [6.45, 7) is 4.50. The van der Waals surface area contributed by atoms with Gasteiger partial charge in [-0.25, -0.2) is 0 Å². The van der Waals surface area contributed by atoms with Crippen LogP contribution in [0.5, 0.6) is 5.75 Å². The molecule has 0 aliphatic heterocycles. The average Bonchev–Trinajstić information content (AvgIpc) is 2.82. The van der Waals surface area contributed by atoms with E-state index in [9.17, 15) is 9.59 Å². The number of hydrogen-bond acceptors (Lipinski definition) is 4. The van der Waals surface area contributed by atoms with E-state index < -0.39 is 0 Å². The number of nitrogens with one attached hydrogen (secondary N) is 3. The minimum Gasteiger partial charge on any atom is -0.493 e. The second kappa shape index (κ2) is 12.3. The number of carbonyl (C=O) groups is 2. The number of aryl methyl sites for hydroxylation is 1. The zero-order chi connectivity index (χ0) is 24.5. The van der Waals surface area contributed by atoms with E-state index in [4.69, 9.17) is 17.0 Å². The van der Waals surface area contributed by atoms with Gasteiger partial charge in [-0.15, -0.1) is 0 Å². The molecular formula is C26H26BrN3O3S. The summed E-state index contributed by atoms with van der Waals surface area (Å²) in [5.41, 5.74) is 3.21. The summed E-state index contributed by atoms with van der Waals surface area (Å²) in [5, 5.41) is 8.78. The third kappa shape index (κ3) is 7.13. The number of anilines is 2. The Morgan fingerprint density at radius 1 is 0.971 bits per heavy atom. The molecule has 2 amide bonds. The van der Waals surface area contributed by atoms with Gasteiger partial charge < -0.3 is 15.4 Å². The second-order valence-corrected chi connectivity index (χ2v) is 8.92. The molecule has 0 aliphatic carbocycles. The van der Waals surface area contributed by atoms with Gasteiger partial charge in [-0.2, -0.15) is 0 Å². The van der Waals surface area contributed by atoms with Crippen molar-refractivity contribution in [2.24, 2.45) is 0 Å². The molecule has 0 aromatic heterocycles. The third-order valence-corrected chi connectivity index (χ3v) is 5.63. The van der Waals surface area contributed by atoms with Crippen molar-refractivity contribution >= 4 is 56.4 Å². The van der Waals surface area contributed by atoms with Crippen LogP contribution < -0.4 is 20.7 Å². The third-order valence-electron chi connectivity index (χ3n) is 4.94. The number of rotatable bonds is 8. The summed E-state index contributed by atoms with van der Waals surface area (Å²) in [6.07, 6.45) is 1.90. The van der Waals surface area contributed by atoms with Gasteiger partial charge in [0.15, 0.2) is 5.11 Å². The maximum Gasteiger partial charge on any atom is 0.261 e. The predicted octanol–water partition coefficient (Wildman–Crippen LogP) is 6.32. The number of ether oxygens (including phenoxy) is 1. The molecule has 0 heterocycles. The fraction of sp³-hybridized carbons (Fsp3) is 0.192. The Hall–Kier alpha value is -3.23. The van der Waals surface area contributed by atoms with Gasteiger partial charge in [-0.3, -0.25) is 14.9 Å². The van der Waals surface area contributed by atoms with E-state index in [1.165, 1.54) is 0 Å². The Kier molecular flexibility index (Phi) is 9.18. The molecule has 3 aromatic rings. The Morgan fingerprint density at radius 2 is 1.74 bits per heavy atom. The van der Waals surface area contributed by atoms with Crippen molar-refractivity contribution in [1.82, 2.24) is 5.32 Å². The largest absolute Gasteiger partial charge is 0.493 e. The van der Waals surface area contributed by atoms with Crippen molar-refractivity contribution in [3.63, 3.8) is 0 Å². The van der Waals surface area contributed by atoms with Crippen LogP contribution in [0.3, 0.4) is 0 Å². The lowest BCUT2D eigenvalue weighted by Crippen LogP contribution is -2.34. The molecule has 0 saturated heterocycles. The first-order valence-corrected chi connectivity index (χ1v) is 12.1. The van der Waals surface area contributed by atoms with Crippen LogP contribution in [0.4, 0.5) is 11.4 Å². The molecule has 8 heteroatoms. The number of hydrogen-bond donors (Lipinski definition) is 3. The number of benzene rings is 3. The van der Waals surface area contributed by atoms with Gasteiger partial charge in [0.2, 0.25) is 0 Å². The Balaban J connectivity index is 1.63. The summed E-state index contributed by atoms with van der Waals surface area (Å²) in [4.78, 5) is 25.3. The zero-order valence-corrected chi connectivity index (χ0v) is 21.4. The highest BCUT2D eigenvalue weighted by atomic mass is 79.9. The monoisotopic (exact) mass is 539 g/mol. The van der Waals surface area contributed by atoms with Crippen molar-refractivity contribution in [3.8, 4) is 5.75 Å². The van der Waals surface area contributed by atoms with Crippen LogP contribution >= 0.6 is 28.1 Å². The number of halogens is 1. The first-order valence-electron chi connectivity index (χ1n) is 10.9. The van der Waals surface area contributed by atoms with Gasteiger partial charge in [-0.05, 0) is 79.7 Å². The highest BCUT2D eigenvalue weighted by Gasteiger charge is 2.15. The first kappa shape index (κ1) is 25.4. The van der Waals surface area contributed by atoms with Crippen molar-refractivity contribution in [3.05, 3.63) is 87.9 Å². The maximum absolute atomic E-state index is 12.8. The molecule has 0 aliphatic rings. The zero-order valence-electron chi connectivity index (χ0n) is 19.0.